The predicted octanol–water partition coefficient (Wildman–Crippen LogP) is 7.96. The van der Waals surface area contributed by atoms with Crippen molar-refractivity contribution >= 4 is 11.8 Å². The van der Waals surface area contributed by atoms with Crippen LogP contribution >= 0.6 is 11.8 Å². The average Bonchev–Trinajstić information content (AvgIpc) is 2.58. The lowest BCUT2D eigenvalue weighted by Gasteiger charge is -2.17. The van der Waals surface area contributed by atoms with E-state index in [9.17, 15) is 5.11 Å². The molecule has 0 aliphatic heterocycles. The van der Waals surface area contributed by atoms with Crippen molar-refractivity contribution in [3.8, 4) is 0 Å². The van der Waals surface area contributed by atoms with Gasteiger partial charge in [0.05, 0.1) is 0 Å². The SMILES string of the molecule is CCCCCCCCCCCCCCCCSC(O)C(C)CCC. The van der Waals surface area contributed by atoms with E-state index < -0.39 is 0 Å². The number of hydrogen-bond acceptors (Lipinski definition) is 2. The monoisotopic (exact) mass is 358 g/mol. The van der Waals surface area contributed by atoms with Crippen LogP contribution in [-0.4, -0.2) is 16.3 Å². The van der Waals surface area contributed by atoms with E-state index >= 15 is 0 Å². The summed E-state index contributed by atoms with van der Waals surface area (Å²) in [6, 6.07) is 0. The Labute approximate surface area is 157 Å². The maximum Gasteiger partial charge on any atom is 0.102 e. The van der Waals surface area contributed by atoms with Crippen molar-refractivity contribution in [3.05, 3.63) is 0 Å². The third-order valence-electron chi connectivity index (χ3n) is 5.02. The summed E-state index contributed by atoms with van der Waals surface area (Å²) < 4.78 is 0. The molecule has 1 N–H and O–H groups in total. The molecule has 0 spiro atoms. The lowest BCUT2D eigenvalue weighted by Crippen LogP contribution is -2.13. The van der Waals surface area contributed by atoms with Crippen molar-refractivity contribution < 1.29 is 5.11 Å². The Kier molecular flexibility index (Phi) is 19.9. The molecule has 0 saturated heterocycles. The van der Waals surface area contributed by atoms with Gasteiger partial charge in [0.1, 0.15) is 5.44 Å². The molecule has 0 heterocycles. The minimum absolute atomic E-state index is 0.146. The van der Waals surface area contributed by atoms with Crippen molar-refractivity contribution in [2.75, 3.05) is 5.75 Å². The third-order valence-corrected chi connectivity index (χ3v) is 6.35. The first-order valence-corrected chi connectivity index (χ1v) is 12.1. The summed E-state index contributed by atoms with van der Waals surface area (Å²) in [6.07, 6.45) is 22.1. The number of thioether (sulfide) groups is 1. The summed E-state index contributed by atoms with van der Waals surface area (Å²) in [5, 5.41) is 10.0. The zero-order valence-corrected chi connectivity index (χ0v) is 17.8. The lowest BCUT2D eigenvalue weighted by atomic mass is 10.0. The first kappa shape index (κ1) is 24.3. The fraction of sp³-hybridized carbons (Fsp3) is 1.00. The van der Waals surface area contributed by atoms with Gasteiger partial charge in [0.2, 0.25) is 0 Å². The van der Waals surface area contributed by atoms with Gasteiger partial charge in [0.25, 0.3) is 0 Å². The molecule has 0 fully saturated rings. The first-order valence-electron chi connectivity index (χ1n) is 11.0. The van der Waals surface area contributed by atoms with Crippen LogP contribution in [0.25, 0.3) is 0 Å². The quantitative estimate of drug-likeness (QED) is 0.187. The maximum absolute atomic E-state index is 10.0. The molecule has 0 aromatic heterocycles. The molecule has 0 aliphatic rings. The van der Waals surface area contributed by atoms with Crippen molar-refractivity contribution in [2.24, 2.45) is 5.92 Å². The van der Waals surface area contributed by atoms with Gasteiger partial charge in [-0.3, -0.25) is 0 Å². The molecule has 2 atom stereocenters. The van der Waals surface area contributed by atoms with Gasteiger partial charge in [0, 0.05) is 0 Å². The van der Waals surface area contributed by atoms with Gasteiger partial charge in [-0.25, -0.2) is 0 Å². The highest BCUT2D eigenvalue weighted by Crippen LogP contribution is 2.22. The van der Waals surface area contributed by atoms with Crippen molar-refractivity contribution in [1.29, 1.82) is 0 Å². The summed E-state index contributed by atoms with van der Waals surface area (Å²) in [4.78, 5) is 0. The van der Waals surface area contributed by atoms with E-state index in [1.807, 2.05) is 0 Å². The van der Waals surface area contributed by atoms with Gasteiger partial charge >= 0.3 is 0 Å². The molecule has 0 aromatic carbocycles. The van der Waals surface area contributed by atoms with Crippen molar-refractivity contribution in [2.45, 2.75) is 129 Å². The molecule has 24 heavy (non-hydrogen) atoms. The Bertz CT molecular complexity index is 232. The molecule has 0 rings (SSSR count). The molecule has 0 amide bonds. The van der Waals surface area contributed by atoms with Gasteiger partial charge in [-0.15, -0.1) is 11.8 Å². The molecule has 0 aromatic rings. The molecule has 2 heteroatoms. The standard InChI is InChI=1S/C22H46OS/c1-4-6-7-8-9-10-11-12-13-14-15-16-17-18-20-24-22(23)21(3)19-5-2/h21-23H,4-20H2,1-3H3. The van der Waals surface area contributed by atoms with Gasteiger partial charge in [0.15, 0.2) is 0 Å². The third kappa shape index (κ3) is 17.1. The number of hydrogen-bond donors (Lipinski definition) is 1. The van der Waals surface area contributed by atoms with Crippen LogP contribution in [0.3, 0.4) is 0 Å². The predicted molar refractivity (Wildman–Crippen MR) is 113 cm³/mol. The van der Waals surface area contributed by atoms with Crippen LogP contribution in [0.4, 0.5) is 0 Å². The minimum atomic E-state index is -0.146. The maximum atomic E-state index is 10.0. The topological polar surface area (TPSA) is 20.2 Å². The van der Waals surface area contributed by atoms with E-state index in [1.54, 1.807) is 11.8 Å². The van der Waals surface area contributed by atoms with E-state index in [4.69, 9.17) is 0 Å². The highest BCUT2D eigenvalue weighted by molar-refractivity contribution is 7.99. The fourth-order valence-electron chi connectivity index (χ4n) is 3.26. The summed E-state index contributed by atoms with van der Waals surface area (Å²) >= 11 is 1.76. The van der Waals surface area contributed by atoms with E-state index in [-0.39, 0.29) is 5.44 Å². The second-order valence-corrected chi connectivity index (χ2v) is 8.85. The highest BCUT2D eigenvalue weighted by Gasteiger charge is 2.12. The highest BCUT2D eigenvalue weighted by atomic mass is 32.2. The smallest absolute Gasteiger partial charge is 0.102 e. The lowest BCUT2D eigenvalue weighted by molar-refractivity contribution is 0.194. The molecule has 0 radical (unpaired) electrons. The van der Waals surface area contributed by atoms with Crippen LogP contribution in [-0.2, 0) is 0 Å². The van der Waals surface area contributed by atoms with Gasteiger partial charge in [-0.05, 0) is 24.5 Å². The van der Waals surface area contributed by atoms with Crippen molar-refractivity contribution in [3.63, 3.8) is 0 Å². The molecule has 0 saturated carbocycles. The zero-order valence-electron chi connectivity index (χ0n) is 17.0. The summed E-state index contributed by atoms with van der Waals surface area (Å²) in [6.45, 7) is 6.66. The van der Waals surface area contributed by atoms with E-state index in [0.29, 0.717) is 5.92 Å². The van der Waals surface area contributed by atoms with E-state index in [0.717, 1.165) is 12.2 Å². The van der Waals surface area contributed by atoms with Gasteiger partial charge < -0.3 is 5.11 Å². The molecule has 146 valence electrons. The molecule has 0 bridgehead atoms. The largest absolute Gasteiger partial charge is 0.382 e. The molecule has 1 nitrogen and oxygen atoms in total. The zero-order chi connectivity index (χ0) is 17.9. The van der Waals surface area contributed by atoms with E-state index in [1.165, 1.54) is 96.3 Å². The normalized spacial score (nSPS) is 14.0. The molecular formula is C22H46OS. The molecule has 0 aliphatic carbocycles. The number of unbranched alkanes of at least 4 members (excludes halogenated alkanes) is 13. The summed E-state index contributed by atoms with van der Waals surface area (Å²) in [5.74, 6) is 1.58. The number of aliphatic hydroxyl groups excluding tert-OH is 1. The Morgan fingerprint density at radius 2 is 1.04 bits per heavy atom. The second kappa shape index (κ2) is 19.6. The van der Waals surface area contributed by atoms with Crippen LogP contribution in [0.1, 0.15) is 124 Å². The first-order chi connectivity index (χ1) is 11.7. The summed E-state index contributed by atoms with van der Waals surface area (Å²) in [7, 11) is 0. The Morgan fingerprint density at radius 3 is 1.46 bits per heavy atom. The summed E-state index contributed by atoms with van der Waals surface area (Å²) in [5.41, 5.74) is -0.146. The number of rotatable bonds is 19. The van der Waals surface area contributed by atoms with Crippen LogP contribution in [0.5, 0.6) is 0 Å². The number of aliphatic hydroxyl groups is 1. The van der Waals surface area contributed by atoms with Crippen LogP contribution in [0, 0.1) is 5.92 Å². The molecule has 2 unspecified atom stereocenters. The Morgan fingerprint density at radius 1 is 0.625 bits per heavy atom. The van der Waals surface area contributed by atoms with Crippen LogP contribution in [0.2, 0.25) is 0 Å². The Balaban J connectivity index is 3.12. The van der Waals surface area contributed by atoms with Crippen LogP contribution in [0.15, 0.2) is 0 Å². The second-order valence-electron chi connectivity index (χ2n) is 7.62. The van der Waals surface area contributed by atoms with Crippen LogP contribution < -0.4 is 0 Å². The Hall–Kier alpha value is 0.310. The van der Waals surface area contributed by atoms with Gasteiger partial charge in [-0.1, -0.05) is 111 Å². The minimum Gasteiger partial charge on any atom is -0.382 e. The fourth-order valence-corrected chi connectivity index (χ4v) is 4.34. The van der Waals surface area contributed by atoms with Gasteiger partial charge in [-0.2, -0.15) is 0 Å². The molecular weight excluding hydrogens is 312 g/mol. The average molecular weight is 359 g/mol. The van der Waals surface area contributed by atoms with E-state index in [2.05, 4.69) is 20.8 Å². The van der Waals surface area contributed by atoms with Crippen molar-refractivity contribution in [1.82, 2.24) is 0 Å².